The Morgan fingerprint density at radius 1 is 1.18 bits per heavy atom. The van der Waals surface area contributed by atoms with E-state index in [0.29, 0.717) is 36.2 Å². The van der Waals surface area contributed by atoms with Crippen molar-refractivity contribution in [2.24, 2.45) is 0 Å². The number of halogens is 1. The third-order valence-electron chi connectivity index (χ3n) is 7.44. The number of nitrogens with one attached hydrogen (secondary N) is 4. The number of carbonyl (C=O) groups excluding carboxylic acids is 4. The van der Waals surface area contributed by atoms with Gasteiger partial charge in [0.2, 0.25) is 11.8 Å². The topological polar surface area (TPSA) is 157 Å². The lowest BCUT2D eigenvalue weighted by Gasteiger charge is -2.29. The summed E-state index contributed by atoms with van der Waals surface area (Å²) in [4.78, 5) is 62.6. The number of nitrogens with zero attached hydrogens (tertiary/aromatic N) is 1. The fourth-order valence-corrected chi connectivity index (χ4v) is 5.50. The molecule has 2 unspecified atom stereocenters. The van der Waals surface area contributed by atoms with Crippen molar-refractivity contribution < 1.29 is 29.1 Å². The summed E-state index contributed by atoms with van der Waals surface area (Å²) in [6.45, 7) is 2.74. The Hall–Kier alpha value is -3.96. The molecule has 2 heterocycles. The number of rotatable bonds is 10. The number of urea groups is 1. The molecule has 0 spiro atoms. The zero-order chi connectivity index (χ0) is 29.0. The zero-order valence-electron chi connectivity index (χ0n) is 22.3. The molecule has 2 aliphatic heterocycles. The van der Waals surface area contributed by atoms with Crippen molar-refractivity contribution in [2.45, 2.75) is 57.2 Å². The molecule has 1 fully saturated rings. The molecule has 11 nitrogen and oxygen atoms in total. The standard InChI is InChI=1S/C28H32ClN5O6/c1-28(26(38)39,10-3-11-30-2)20-7-5-18(13-21(20)29)32-27(40)31-14-16-4-6-19-17(12-16)15-34(25(19)37)22-8-9-23(35)33-24(22)36/h4-7,12-13,22,30H,3,8-11,14-15H2,1-2H3,(H,38,39)(H2,31,32,40)(H,33,35,36). The van der Waals surface area contributed by atoms with Crippen molar-refractivity contribution in [1.29, 1.82) is 0 Å². The van der Waals surface area contributed by atoms with Crippen LogP contribution in [0.15, 0.2) is 36.4 Å². The Morgan fingerprint density at radius 3 is 2.62 bits per heavy atom. The van der Waals surface area contributed by atoms with Crippen LogP contribution in [0.2, 0.25) is 5.02 Å². The van der Waals surface area contributed by atoms with E-state index in [9.17, 15) is 29.1 Å². The Kier molecular flexibility index (Phi) is 8.75. The van der Waals surface area contributed by atoms with Crippen LogP contribution >= 0.6 is 11.6 Å². The smallest absolute Gasteiger partial charge is 0.319 e. The fourth-order valence-electron chi connectivity index (χ4n) is 5.11. The van der Waals surface area contributed by atoms with Crippen LogP contribution < -0.4 is 21.3 Å². The van der Waals surface area contributed by atoms with Gasteiger partial charge in [-0.05, 0) is 74.7 Å². The Balaban J connectivity index is 1.36. The van der Waals surface area contributed by atoms with E-state index in [1.165, 1.54) is 11.0 Å². The fraction of sp³-hybridized carbons (Fsp3) is 0.393. The van der Waals surface area contributed by atoms with Gasteiger partial charge in [0, 0.05) is 35.8 Å². The first kappa shape index (κ1) is 29.0. The van der Waals surface area contributed by atoms with Crippen LogP contribution in [0.5, 0.6) is 0 Å². The van der Waals surface area contributed by atoms with Gasteiger partial charge in [-0.3, -0.25) is 24.5 Å². The molecule has 0 radical (unpaired) electrons. The number of imide groups is 1. The predicted molar refractivity (Wildman–Crippen MR) is 148 cm³/mol. The van der Waals surface area contributed by atoms with Gasteiger partial charge in [0.25, 0.3) is 5.91 Å². The second-order valence-corrected chi connectivity index (χ2v) is 10.6. The number of amides is 5. The number of fused-ring (bicyclic) bond motifs is 1. The highest BCUT2D eigenvalue weighted by Gasteiger charge is 2.39. The molecule has 5 amide bonds. The lowest BCUT2D eigenvalue weighted by atomic mass is 9.78. The van der Waals surface area contributed by atoms with Gasteiger partial charge in [0.1, 0.15) is 6.04 Å². The van der Waals surface area contributed by atoms with Gasteiger partial charge in [-0.25, -0.2) is 4.79 Å². The summed E-state index contributed by atoms with van der Waals surface area (Å²) < 4.78 is 0. The van der Waals surface area contributed by atoms with E-state index in [-0.39, 0.29) is 42.8 Å². The van der Waals surface area contributed by atoms with Crippen LogP contribution in [0, 0.1) is 0 Å². The molecule has 2 aromatic carbocycles. The molecule has 12 heteroatoms. The number of carboxylic acids is 1. The van der Waals surface area contributed by atoms with Crippen LogP contribution in [-0.4, -0.2) is 59.4 Å². The largest absolute Gasteiger partial charge is 0.481 e. The summed E-state index contributed by atoms with van der Waals surface area (Å²) >= 11 is 6.45. The summed E-state index contributed by atoms with van der Waals surface area (Å²) in [5.41, 5.74) is 1.72. The van der Waals surface area contributed by atoms with Gasteiger partial charge in [-0.1, -0.05) is 29.8 Å². The van der Waals surface area contributed by atoms with Crippen molar-refractivity contribution in [1.82, 2.24) is 20.9 Å². The molecular formula is C28H32ClN5O6. The highest BCUT2D eigenvalue weighted by atomic mass is 35.5. The summed E-state index contributed by atoms with van der Waals surface area (Å²) in [7, 11) is 1.81. The highest BCUT2D eigenvalue weighted by Crippen LogP contribution is 2.36. The highest BCUT2D eigenvalue weighted by molar-refractivity contribution is 6.32. The molecule has 1 saturated heterocycles. The SMILES string of the molecule is CNCCCC(C)(C(=O)O)c1ccc(NC(=O)NCc2ccc3c(c2)CN(C2CCC(=O)NC2=O)C3=O)cc1Cl. The molecule has 5 N–H and O–H groups in total. The number of hydrogen-bond acceptors (Lipinski definition) is 6. The first-order chi connectivity index (χ1) is 19.0. The third-order valence-corrected chi connectivity index (χ3v) is 7.75. The maximum absolute atomic E-state index is 12.9. The molecule has 0 aromatic heterocycles. The van der Waals surface area contributed by atoms with E-state index in [2.05, 4.69) is 21.3 Å². The Bertz CT molecular complexity index is 1360. The van der Waals surface area contributed by atoms with E-state index < -0.39 is 29.4 Å². The Morgan fingerprint density at radius 2 is 1.95 bits per heavy atom. The summed E-state index contributed by atoms with van der Waals surface area (Å²) in [5, 5.41) is 20.9. The second-order valence-electron chi connectivity index (χ2n) is 10.2. The zero-order valence-corrected chi connectivity index (χ0v) is 23.1. The number of piperidine rings is 1. The monoisotopic (exact) mass is 569 g/mol. The van der Waals surface area contributed by atoms with Crippen LogP contribution in [-0.2, 0) is 32.9 Å². The molecule has 2 aliphatic rings. The number of carbonyl (C=O) groups is 5. The van der Waals surface area contributed by atoms with Gasteiger partial charge in [-0.15, -0.1) is 0 Å². The minimum atomic E-state index is -1.17. The van der Waals surface area contributed by atoms with Gasteiger partial charge in [-0.2, -0.15) is 0 Å². The normalized spacial score (nSPS) is 18.1. The van der Waals surface area contributed by atoms with Crippen molar-refractivity contribution >= 4 is 47.0 Å². The van der Waals surface area contributed by atoms with Gasteiger partial charge in [0.15, 0.2) is 0 Å². The molecule has 40 heavy (non-hydrogen) atoms. The summed E-state index contributed by atoms with van der Waals surface area (Å²) in [6, 6.07) is 8.81. The summed E-state index contributed by atoms with van der Waals surface area (Å²) in [5.74, 6) is -2.04. The molecule has 212 valence electrons. The van der Waals surface area contributed by atoms with E-state index in [1.807, 2.05) is 6.07 Å². The van der Waals surface area contributed by atoms with Crippen molar-refractivity contribution in [2.75, 3.05) is 18.9 Å². The van der Waals surface area contributed by atoms with Gasteiger partial charge in [0.05, 0.1) is 5.41 Å². The second kappa shape index (κ2) is 12.1. The predicted octanol–water partition coefficient (Wildman–Crippen LogP) is 2.76. The average Bonchev–Trinajstić information content (AvgIpc) is 3.22. The lowest BCUT2D eigenvalue weighted by molar-refractivity contribution is -0.143. The van der Waals surface area contributed by atoms with E-state index in [4.69, 9.17) is 11.6 Å². The minimum absolute atomic E-state index is 0.181. The minimum Gasteiger partial charge on any atom is -0.481 e. The number of hydrogen-bond donors (Lipinski definition) is 5. The number of anilines is 1. The quantitative estimate of drug-likeness (QED) is 0.217. The van der Waals surface area contributed by atoms with E-state index >= 15 is 0 Å². The number of benzene rings is 2. The maximum Gasteiger partial charge on any atom is 0.319 e. The molecule has 0 saturated carbocycles. The molecule has 2 atom stereocenters. The van der Waals surface area contributed by atoms with Crippen molar-refractivity contribution in [3.8, 4) is 0 Å². The van der Waals surface area contributed by atoms with Crippen molar-refractivity contribution in [3.05, 3.63) is 63.7 Å². The average molecular weight is 570 g/mol. The number of carboxylic acid groups (broad SMARTS) is 1. The first-order valence-corrected chi connectivity index (χ1v) is 13.4. The number of aliphatic carboxylic acids is 1. The van der Waals surface area contributed by atoms with Gasteiger partial charge >= 0.3 is 12.0 Å². The van der Waals surface area contributed by atoms with E-state index in [0.717, 1.165) is 11.1 Å². The first-order valence-electron chi connectivity index (χ1n) is 13.0. The molecule has 2 aromatic rings. The van der Waals surface area contributed by atoms with E-state index in [1.54, 1.807) is 38.2 Å². The molecule has 0 aliphatic carbocycles. The van der Waals surface area contributed by atoms with Crippen molar-refractivity contribution in [3.63, 3.8) is 0 Å². The summed E-state index contributed by atoms with van der Waals surface area (Å²) in [6.07, 6.45) is 1.53. The van der Waals surface area contributed by atoms with Gasteiger partial charge < -0.3 is 26.0 Å². The van der Waals surface area contributed by atoms with Crippen LogP contribution in [0.1, 0.15) is 59.7 Å². The third kappa shape index (κ3) is 6.10. The van der Waals surface area contributed by atoms with Crippen LogP contribution in [0.3, 0.4) is 0 Å². The Labute approximate surface area is 236 Å². The maximum atomic E-state index is 12.9. The molecular weight excluding hydrogens is 538 g/mol. The van der Waals surface area contributed by atoms with Crippen LogP contribution in [0.4, 0.5) is 10.5 Å². The van der Waals surface area contributed by atoms with Crippen LogP contribution in [0.25, 0.3) is 0 Å². The molecule has 4 rings (SSSR count). The molecule has 0 bridgehead atoms. The lowest BCUT2D eigenvalue weighted by Crippen LogP contribution is -2.52.